The van der Waals surface area contributed by atoms with Crippen LogP contribution in [0, 0.1) is 12.7 Å². The lowest BCUT2D eigenvalue weighted by molar-refractivity contribution is -0.255. The number of hydrogen-bond acceptors (Lipinski definition) is 5. The normalized spacial score (nSPS) is 15.8. The lowest BCUT2D eigenvalue weighted by Crippen LogP contribution is -2.29. The zero-order valence-electron chi connectivity index (χ0n) is 13.3. The molecule has 2 aromatic carbocycles. The van der Waals surface area contributed by atoms with Gasteiger partial charge in [0.05, 0.1) is 21.6 Å². The van der Waals surface area contributed by atoms with E-state index in [0.29, 0.717) is 11.3 Å². The van der Waals surface area contributed by atoms with Crippen LogP contribution in [-0.2, 0) is 4.79 Å². The Morgan fingerprint density at radius 1 is 1.35 bits per heavy atom. The van der Waals surface area contributed by atoms with E-state index in [-0.39, 0.29) is 25.4 Å². The van der Waals surface area contributed by atoms with Crippen molar-refractivity contribution in [3.05, 3.63) is 68.8 Å². The Morgan fingerprint density at radius 2 is 2.08 bits per heavy atom. The summed E-state index contributed by atoms with van der Waals surface area (Å²) < 4.78 is 14.2. The van der Waals surface area contributed by atoms with Gasteiger partial charge < -0.3 is 9.90 Å². The molecule has 0 saturated carbocycles. The third kappa shape index (κ3) is 3.38. The molecule has 8 heteroatoms. The number of anilines is 1. The van der Waals surface area contributed by atoms with E-state index in [1.54, 1.807) is 19.1 Å². The molecule has 132 valence electrons. The fraction of sp³-hybridized carbons (Fsp3) is 0.0556. The van der Waals surface area contributed by atoms with Crippen LogP contribution in [0.1, 0.15) is 21.5 Å². The predicted molar refractivity (Wildman–Crippen MR) is 103 cm³/mol. The lowest BCUT2D eigenvalue weighted by atomic mass is 10.1. The van der Waals surface area contributed by atoms with Crippen LogP contribution in [0.3, 0.4) is 0 Å². The summed E-state index contributed by atoms with van der Waals surface area (Å²) in [6.45, 7) is 1.62. The molecule has 3 rings (SSSR count). The second-order valence-electron chi connectivity index (χ2n) is 5.44. The molecule has 0 radical (unpaired) electrons. The van der Waals surface area contributed by atoms with E-state index >= 15 is 0 Å². The number of halogens is 2. The fourth-order valence-corrected chi connectivity index (χ4v) is 3.94. The van der Waals surface area contributed by atoms with Crippen LogP contribution in [-0.4, -0.2) is 16.2 Å². The van der Waals surface area contributed by atoms with Gasteiger partial charge in [-0.15, -0.1) is 0 Å². The third-order valence-electron chi connectivity index (χ3n) is 3.77. The topological polar surface area (TPSA) is 60.4 Å². The summed E-state index contributed by atoms with van der Waals surface area (Å²) in [6, 6.07) is 8.71. The molecule has 1 fully saturated rings. The maximum Gasteiger partial charge on any atom is 0.270 e. The summed E-state index contributed by atoms with van der Waals surface area (Å²) in [5, 5.41) is 11.4. The first-order chi connectivity index (χ1) is 12.3. The first-order valence-electron chi connectivity index (χ1n) is 7.33. The summed E-state index contributed by atoms with van der Waals surface area (Å²) in [4.78, 5) is 25.3. The van der Waals surface area contributed by atoms with Crippen molar-refractivity contribution in [1.82, 2.24) is 0 Å². The van der Waals surface area contributed by atoms with E-state index in [2.05, 4.69) is 0 Å². The van der Waals surface area contributed by atoms with Crippen molar-refractivity contribution in [3.8, 4) is 0 Å². The fourth-order valence-electron chi connectivity index (χ4n) is 2.44. The summed E-state index contributed by atoms with van der Waals surface area (Å²) in [5.74, 6) is -2.38. The van der Waals surface area contributed by atoms with Gasteiger partial charge in [-0.05, 0) is 42.8 Å². The third-order valence-corrected chi connectivity index (χ3v) is 5.40. The number of aromatic carboxylic acids is 1. The second kappa shape index (κ2) is 7.19. The number of rotatable bonds is 3. The van der Waals surface area contributed by atoms with E-state index in [9.17, 15) is 19.1 Å². The van der Waals surface area contributed by atoms with E-state index in [1.807, 2.05) is 0 Å². The molecule has 0 aliphatic carbocycles. The van der Waals surface area contributed by atoms with Gasteiger partial charge in [0, 0.05) is 11.1 Å². The van der Waals surface area contributed by atoms with Crippen molar-refractivity contribution < 1.29 is 19.1 Å². The van der Waals surface area contributed by atoms with Crippen LogP contribution in [0.15, 0.2) is 41.3 Å². The van der Waals surface area contributed by atoms with Gasteiger partial charge in [0.1, 0.15) is 5.82 Å². The number of carboxylic acids is 1. The molecule has 4 nitrogen and oxygen atoms in total. The molecular formula is C18H10ClFNO3S2-. The summed E-state index contributed by atoms with van der Waals surface area (Å²) in [6.07, 6.45) is 1.34. The van der Waals surface area contributed by atoms with Crippen LogP contribution < -0.4 is 10.0 Å². The van der Waals surface area contributed by atoms with Gasteiger partial charge in [-0.2, -0.15) is 0 Å². The van der Waals surface area contributed by atoms with Gasteiger partial charge in [0.25, 0.3) is 5.91 Å². The zero-order valence-corrected chi connectivity index (χ0v) is 15.7. The SMILES string of the molecule is Cc1ccc(N2C(=O)/C(=C/c3c(F)cccc3Cl)SC2=S)cc1C(=O)[O-]. The number of thioether (sulfide) groups is 1. The minimum Gasteiger partial charge on any atom is -0.545 e. The van der Waals surface area contributed by atoms with Gasteiger partial charge in [-0.3, -0.25) is 9.69 Å². The van der Waals surface area contributed by atoms with Crippen molar-refractivity contribution in [3.63, 3.8) is 0 Å². The summed E-state index contributed by atoms with van der Waals surface area (Å²) in [5.41, 5.74) is 0.875. The van der Waals surface area contributed by atoms with Crippen molar-refractivity contribution in [2.24, 2.45) is 0 Å². The average molecular weight is 407 g/mol. The largest absolute Gasteiger partial charge is 0.545 e. The van der Waals surface area contributed by atoms with Gasteiger partial charge in [0.2, 0.25) is 0 Å². The highest BCUT2D eigenvalue weighted by atomic mass is 35.5. The highest BCUT2D eigenvalue weighted by Gasteiger charge is 2.34. The molecule has 0 aromatic heterocycles. The van der Waals surface area contributed by atoms with Gasteiger partial charge >= 0.3 is 0 Å². The van der Waals surface area contributed by atoms with E-state index in [1.165, 1.54) is 35.2 Å². The number of nitrogens with zero attached hydrogens (tertiary/aromatic N) is 1. The minimum atomic E-state index is -1.34. The van der Waals surface area contributed by atoms with Gasteiger partial charge in [-0.1, -0.05) is 47.7 Å². The number of carbonyl (C=O) groups excluding carboxylic acids is 2. The summed E-state index contributed by atoms with van der Waals surface area (Å²) in [7, 11) is 0. The molecule has 1 saturated heterocycles. The van der Waals surface area contributed by atoms with Crippen molar-refractivity contribution in [1.29, 1.82) is 0 Å². The molecule has 0 N–H and O–H groups in total. The highest BCUT2D eigenvalue weighted by Crippen LogP contribution is 2.37. The van der Waals surface area contributed by atoms with Crippen molar-refractivity contribution in [2.45, 2.75) is 6.92 Å². The van der Waals surface area contributed by atoms with Gasteiger partial charge in [-0.25, -0.2) is 4.39 Å². The van der Waals surface area contributed by atoms with E-state index in [4.69, 9.17) is 23.8 Å². The molecule has 0 spiro atoms. The second-order valence-corrected chi connectivity index (χ2v) is 7.52. The number of aryl methyl sites for hydroxylation is 1. The zero-order chi connectivity index (χ0) is 19.0. The Morgan fingerprint density at radius 3 is 2.73 bits per heavy atom. The molecule has 26 heavy (non-hydrogen) atoms. The van der Waals surface area contributed by atoms with Crippen LogP contribution in [0.2, 0.25) is 5.02 Å². The van der Waals surface area contributed by atoms with Crippen molar-refractivity contribution >= 4 is 63.5 Å². The Kier molecular flexibility index (Phi) is 5.13. The Labute approximate surface area is 163 Å². The van der Waals surface area contributed by atoms with Crippen LogP contribution in [0.5, 0.6) is 0 Å². The number of thiocarbonyl (C=S) groups is 1. The number of hydrogen-bond donors (Lipinski definition) is 0. The van der Waals surface area contributed by atoms with Gasteiger partial charge in [0.15, 0.2) is 4.32 Å². The van der Waals surface area contributed by atoms with Crippen molar-refractivity contribution in [2.75, 3.05) is 4.90 Å². The molecule has 1 aliphatic rings. The molecule has 1 amide bonds. The Balaban J connectivity index is 2.02. The first kappa shape index (κ1) is 18.6. The molecule has 0 atom stereocenters. The predicted octanol–water partition coefficient (Wildman–Crippen LogP) is 3.56. The maximum absolute atomic E-state index is 14.0. The average Bonchev–Trinajstić information content (AvgIpc) is 2.85. The molecule has 2 aromatic rings. The van der Waals surface area contributed by atoms with Crippen LogP contribution in [0.4, 0.5) is 10.1 Å². The lowest BCUT2D eigenvalue weighted by Gasteiger charge is -2.17. The molecule has 1 heterocycles. The Bertz CT molecular complexity index is 970. The number of carboxylic acid groups (broad SMARTS) is 1. The van der Waals surface area contributed by atoms with Crippen LogP contribution in [0.25, 0.3) is 6.08 Å². The highest BCUT2D eigenvalue weighted by molar-refractivity contribution is 8.27. The standard InChI is InChI=1S/C18H11ClFNO3S2/c1-9-5-6-10(7-11(9)17(23)24)21-16(22)15(26-18(21)25)8-12-13(19)3-2-4-14(12)20/h2-8H,1H3,(H,23,24)/p-1/b15-8-. The van der Waals surface area contributed by atoms with Crippen LogP contribution >= 0.6 is 35.6 Å². The Hall–Kier alpha value is -2.22. The first-order valence-corrected chi connectivity index (χ1v) is 8.94. The monoisotopic (exact) mass is 406 g/mol. The molecule has 0 unspecified atom stereocenters. The minimum absolute atomic E-state index is 0.0299. The quantitative estimate of drug-likeness (QED) is 0.576. The summed E-state index contributed by atoms with van der Waals surface area (Å²) >= 11 is 12.2. The van der Waals surface area contributed by atoms with E-state index < -0.39 is 17.7 Å². The number of benzene rings is 2. The molecule has 1 aliphatic heterocycles. The maximum atomic E-state index is 14.0. The van der Waals surface area contributed by atoms with E-state index in [0.717, 1.165) is 11.8 Å². The number of amides is 1. The molecule has 0 bridgehead atoms. The number of carbonyl (C=O) groups is 2. The molecular weight excluding hydrogens is 397 g/mol. The smallest absolute Gasteiger partial charge is 0.270 e.